The van der Waals surface area contributed by atoms with E-state index in [9.17, 15) is 14.7 Å². The Morgan fingerprint density at radius 2 is 1.84 bits per heavy atom. The van der Waals surface area contributed by atoms with E-state index in [1.54, 1.807) is 12.1 Å². The number of amides is 2. The van der Waals surface area contributed by atoms with Crippen LogP contribution in [0, 0.1) is 11.8 Å². The summed E-state index contributed by atoms with van der Waals surface area (Å²) in [7, 11) is 0. The molecule has 1 saturated carbocycles. The number of aliphatic hydroxyl groups excluding tert-OH is 1. The van der Waals surface area contributed by atoms with E-state index >= 15 is 0 Å². The van der Waals surface area contributed by atoms with Crippen molar-refractivity contribution in [3.63, 3.8) is 0 Å². The van der Waals surface area contributed by atoms with E-state index in [0.29, 0.717) is 31.0 Å². The first-order valence-corrected chi connectivity index (χ1v) is 9.42. The van der Waals surface area contributed by atoms with Crippen molar-refractivity contribution in [2.75, 3.05) is 19.7 Å². The number of carbonyl (C=O) groups is 2. The van der Waals surface area contributed by atoms with E-state index in [1.807, 2.05) is 23.1 Å². The van der Waals surface area contributed by atoms with Crippen molar-refractivity contribution >= 4 is 11.8 Å². The van der Waals surface area contributed by atoms with Gasteiger partial charge in [0.25, 0.3) is 5.91 Å². The van der Waals surface area contributed by atoms with Crippen LogP contribution in [0.25, 0.3) is 0 Å². The molecule has 0 aromatic heterocycles. The first-order valence-electron chi connectivity index (χ1n) is 9.42. The zero-order chi connectivity index (χ0) is 17.6. The maximum atomic E-state index is 12.5. The highest BCUT2D eigenvalue weighted by Crippen LogP contribution is 2.29. The van der Waals surface area contributed by atoms with Gasteiger partial charge in [0.2, 0.25) is 5.91 Å². The summed E-state index contributed by atoms with van der Waals surface area (Å²) in [5.41, 5.74) is 0.602. The normalized spacial score (nSPS) is 23.8. The molecule has 5 heteroatoms. The maximum Gasteiger partial charge on any atom is 0.251 e. The first-order chi connectivity index (χ1) is 12.2. The van der Waals surface area contributed by atoms with Gasteiger partial charge in [0.1, 0.15) is 0 Å². The Hall–Kier alpha value is -1.88. The topological polar surface area (TPSA) is 69.6 Å². The van der Waals surface area contributed by atoms with Crippen molar-refractivity contribution < 1.29 is 14.7 Å². The molecule has 2 fully saturated rings. The van der Waals surface area contributed by atoms with Crippen molar-refractivity contribution in [2.24, 2.45) is 11.8 Å². The molecule has 136 valence electrons. The molecule has 1 heterocycles. The molecule has 0 bridgehead atoms. The van der Waals surface area contributed by atoms with Crippen LogP contribution < -0.4 is 5.32 Å². The smallest absolute Gasteiger partial charge is 0.251 e. The SMILES string of the molecule is O=C(N[C@@H]1CN(C(=O)CCC2CCCC2)C[C@H]1CO)c1ccccc1. The molecule has 1 aliphatic heterocycles. The number of likely N-dealkylation sites (tertiary alicyclic amines) is 1. The summed E-state index contributed by atoms with van der Waals surface area (Å²) in [5, 5.41) is 12.6. The van der Waals surface area contributed by atoms with Crippen LogP contribution in [0.4, 0.5) is 0 Å². The Bertz CT molecular complexity index is 584. The molecular weight excluding hydrogens is 316 g/mol. The highest BCUT2D eigenvalue weighted by atomic mass is 16.3. The molecule has 0 radical (unpaired) electrons. The van der Waals surface area contributed by atoms with Gasteiger partial charge >= 0.3 is 0 Å². The highest BCUT2D eigenvalue weighted by Gasteiger charge is 2.35. The molecule has 2 N–H and O–H groups in total. The Labute approximate surface area is 149 Å². The second kappa shape index (κ2) is 8.48. The van der Waals surface area contributed by atoms with Gasteiger partial charge in [0.05, 0.1) is 6.04 Å². The molecule has 1 aliphatic carbocycles. The number of nitrogens with zero attached hydrogens (tertiary/aromatic N) is 1. The molecular formula is C20H28N2O3. The maximum absolute atomic E-state index is 12.5. The van der Waals surface area contributed by atoms with Gasteiger partial charge in [-0.3, -0.25) is 9.59 Å². The van der Waals surface area contributed by atoms with Crippen molar-refractivity contribution in [1.29, 1.82) is 0 Å². The van der Waals surface area contributed by atoms with Gasteiger partial charge < -0.3 is 15.3 Å². The number of aliphatic hydroxyl groups is 1. The second-order valence-electron chi connectivity index (χ2n) is 7.38. The molecule has 2 atom stereocenters. The molecule has 2 amide bonds. The number of nitrogens with one attached hydrogen (secondary N) is 1. The number of hydrogen-bond donors (Lipinski definition) is 2. The lowest BCUT2D eigenvalue weighted by Gasteiger charge is -2.18. The lowest BCUT2D eigenvalue weighted by atomic mass is 10.0. The number of rotatable bonds is 6. The van der Waals surface area contributed by atoms with Crippen LogP contribution in [0.15, 0.2) is 30.3 Å². The van der Waals surface area contributed by atoms with Crippen LogP contribution in [0.3, 0.4) is 0 Å². The van der Waals surface area contributed by atoms with Gasteiger partial charge in [-0.2, -0.15) is 0 Å². The third-order valence-electron chi connectivity index (χ3n) is 5.62. The molecule has 1 aromatic rings. The number of hydrogen-bond acceptors (Lipinski definition) is 3. The fraction of sp³-hybridized carbons (Fsp3) is 0.600. The summed E-state index contributed by atoms with van der Waals surface area (Å²) < 4.78 is 0. The Morgan fingerprint density at radius 1 is 1.12 bits per heavy atom. The summed E-state index contributed by atoms with van der Waals surface area (Å²) >= 11 is 0. The lowest BCUT2D eigenvalue weighted by Crippen LogP contribution is -2.41. The summed E-state index contributed by atoms with van der Waals surface area (Å²) in [6.45, 7) is 0.999. The third-order valence-corrected chi connectivity index (χ3v) is 5.62. The van der Waals surface area contributed by atoms with Crippen LogP contribution in [0.1, 0.15) is 48.9 Å². The number of benzene rings is 1. The van der Waals surface area contributed by atoms with Crippen molar-refractivity contribution in [2.45, 2.75) is 44.6 Å². The van der Waals surface area contributed by atoms with Gasteiger partial charge in [0, 0.05) is 37.6 Å². The van der Waals surface area contributed by atoms with Gasteiger partial charge in [-0.25, -0.2) is 0 Å². The van der Waals surface area contributed by atoms with E-state index in [0.717, 1.165) is 6.42 Å². The summed E-state index contributed by atoms with van der Waals surface area (Å²) in [4.78, 5) is 26.6. The monoisotopic (exact) mass is 344 g/mol. The fourth-order valence-corrected chi connectivity index (χ4v) is 4.05. The molecule has 0 unspecified atom stereocenters. The minimum absolute atomic E-state index is 0.0217. The largest absolute Gasteiger partial charge is 0.396 e. The minimum atomic E-state index is -0.187. The average Bonchev–Trinajstić information content (AvgIpc) is 3.30. The van der Waals surface area contributed by atoms with E-state index < -0.39 is 0 Å². The van der Waals surface area contributed by atoms with E-state index in [-0.39, 0.29) is 30.4 Å². The van der Waals surface area contributed by atoms with E-state index in [4.69, 9.17) is 0 Å². The van der Waals surface area contributed by atoms with Crippen LogP contribution in [0.5, 0.6) is 0 Å². The molecule has 5 nitrogen and oxygen atoms in total. The molecule has 0 spiro atoms. The van der Waals surface area contributed by atoms with Gasteiger partial charge in [-0.05, 0) is 24.5 Å². The van der Waals surface area contributed by atoms with E-state index in [2.05, 4.69) is 5.32 Å². The minimum Gasteiger partial charge on any atom is -0.396 e. The quantitative estimate of drug-likeness (QED) is 0.831. The first kappa shape index (κ1) is 17.9. The van der Waals surface area contributed by atoms with E-state index in [1.165, 1.54) is 25.7 Å². The van der Waals surface area contributed by atoms with Crippen LogP contribution in [-0.4, -0.2) is 47.6 Å². The predicted octanol–water partition coefficient (Wildman–Crippen LogP) is 2.21. The van der Waals surface area contributed by atoms with Crippen LogP contribution >= 0.6 is 0 Å². The average molecular weight is 344 g/mol. The molecule has 1 saturated heterocycles. The molecule has 2 aliphatic rings. The molecule has 25 heavy (non-hydrogen) atoms. The highest BCUT2D eigenvalue weighted by molar-refractivity contribution is 5.94. The standard InChI is InChI=1S/C20H28N2O3/c23-14-17-12-22(19(24)11-10-15-6-4-5-7-15)13-18(17)21-20(25)16-8-2-1-3-9-16/h1-3,8-9,15,17-18,23H,4-7,10-14H2,(H,21,25)/t17-,18+/m0/s1. The molecule has 3 rings (SSSR count). The second-order valence-corrected chi connectivity index (χ2v) is 7.38. The molecule has 1 aromatic carbocycles. The van der Waals surface area contributed by atoms with Gasteiger partial charge in [-0.15, -0.1) is 0 Å². The van der Waals surface area contributed by atoms with Gasteiger partial charge in [-0.1, -0.05) is 43.9 Å². The predicted molar refractivity (Wildman–Crippen MR) is 96.0 cm³/mol. The summed E-state index contributed by atoms with van der Waals surface area (Å²) in [6.07, 6.45) is 6.65. The Morgan fingerprint density at radius 3 is 2.52 bits per heavy atom. The third kappa shape index (κ3) is 4.60. The Balaban J connectivity index is 1.52. The van der Waals surface area contributed by atoms with Gasteiger partial charge in [0.15, 0.2) is 0 Å². The van der Waals surface area contributed by atoms with Crippen LogP contribution in [-0.2, 0) is 4.79 Å². The van der Waals surface area contributed by atoms with Crippen molar-refractivity contribution in [3.8, 4) is 0 Å². The van der Waals surface area contributed by atoms with Crippen molar-refractivity contribution in [3.05, 3.63) is 35.9 Å². The Kier molecular flexibility index (Phi) is 6.08. The number of carbonyl (C=O) groups excluding carboxylic acids is 2. The van der Waals surface area contributed by atoms with Crippen molar-refractivity contribution in [1.82, 2.24) is 10.2 Å². The summed E-state index contributed by atoms with van der Waals surface area (Å²) in [6, 6.07) is 8.87. The zero-order valence-electron chi connectivity index (χ0n) is 14.7. The van der Waals surface area contributed by atoms with Crippen LogP contribution in [0.2, 0.25) is 0 Å². The fourth-order valence-electron chi connectivity index (χ4n) is 4.05. The summed E-state index contributed by atoms with van der Waals surface area (Å²) in [5.74, 6) is 0.614. The lowest BCUT2D eigenvalue weighted by molar-refractivity contribution is -0.130. The zero-order valence-corrected chi connectivity index (χ0v) is 14.7.